The fraction of sp³-hybridized carbons (Fsp3) is 0.318. The van der Waals surface area contributed by atoms with Gasteiger partial charge in [0.25, 0.3) is 0 Å². The van der Waals surface area contributed by atoms with Gasteiger partial charge in [0.05, 0.1) is 6.54 Å². The summed E-state index contributed by atoms with van der Waals surface area (Å²) >= 11 is 0. The highest BCUT2D eigenvalue weighted by Crippen LogP contribution is 2.39. The van der Waals surface area contributed by atoms with Crippen LogP contribution in [0.3, 0.4) is 0 Å². The van der Waals surface area contributed by atoms with E-state index in [4.69, 9.17) is 15.6 Å². The van der Waals surface area contributed by atoms with E-state index in [0.29, 0.717) is 0 Å². The van der Waals surface area contributed by atoms with Crippen molar-refractivity contribution in [3.8, 4) is 0 Å². The minimum absolute atomic E-state index is 0.0416. The first-order chi connectivity index (χ1) is 14.8. The monoisotopic (exact) mass is 429 g/mol. The molecule has 1 aliphatic heterocycles. The van der Waals surface area contributed by atoms with E-state index in [1.165, 1.54) is 0 Å². The number of hydrogen-bond acceptors (Lipinski definition) is 5. The van der Waals surface area contributed by atoms with Crippen molar-refractivity contribution in [2.75, 3.05) is 13.1 Å². The molecule has 3 rings (SSSR count). The highest BCUT2D eigenvalue weighted by molar-refractivity contribution is 5.83. The van der Waals surface area contributed by atoms with Crippen LogP contribution in [0.5, 0.6) is 0 Å². The van der Waals surface area contributed by atoms with Crippen LogP contribution in [0.2, 0.25) is 0 Å². The molecule has 1 fully saturated rings. The summed E-state index contributed by atoms with van der Waals surface area (Å²) in [7, 11) is 0. The Bertz CT molecular complexity index is 898. The minimum Gasteiger partial charge on any atom is -0.479 e. The number of likely N-dealkylation sites (tertiary alicyclic amines) is 1. The van der Waals surface area contributed by atoms with Crippen molar-refractivity contribution >= 4 is 18.0 Å². The van der Waals surface area contributed by atoms with E-state index in [1.54, 1.807) is 0 Å². The number of carbonyl (C=O) groups excluding carboxylic acids is 1. The molecule has 2 amide bonds. The lowest BCUT2D eigenvalue weighted by Crippen LogP contribution is -2.57. The third-order valence-corrected chi connectivity index (χ3v) is 5.67. The lowest BCUT2D eigenvalue weighted by Gasteiger charge is -2.38. The fourth-order valence-electron chi connectivity index (χ4n) is 4.23. The minimum atomic E-state index is -2.23. The van der Waals surface area contributed by atoms with E-state index in [9.17, 15) is 24.6 Å². The summed E-state index contributed by atoms with van der Waals surface area (Å²) in [6, 6.07) is 17.7. The number of nitrogens with two attached hydrogens (primary N) is 1. The maximum atomic E-state index is 12.8. The number of quaternary nitrogens is 1. The standard InChI is InChI=1S/C22H24N2O7/c23-22(30)24(12-11-16(13-24)31-19(21(28)29)18(25)20(26)27)17(14-7-3-1-4-8-14)15-9-5-2-6-10-15/h1-10,16-19,25H,11-13H2,(H3-,23,26,27,28,29,30)/p+1/t16?,18-,19?,24?/m0/s1. The Morgan fingerprint density at radius 1 is 0.935 bits per heavy atom. The molecule has 2 aromatic rings. The first kappa shape index (κ1) is 22.4. The van der Waals surface area contributed by atoms with Crippen molar-refractivity contribution in [2.45, 2.75) is 30.8 Å². The number of ether oxygens (including phenoxy) is 1. The number of benzene rings is 2. The Labute approximate surface area is 178 Å². The summed E-state index contributed by atoms with van der Waals surface area (Å²) in [6.07, 6.45) is -4.69. The molecule has 4 atom stereocenters. The van der Waals surface area contributed by atoms with Gasteiger partial charge in [-0.3, -0.25) is 0 Å². The largest absolute Gasteiger partial charge is 0.479 e. The molecular formula is C22H25N2O7+. The molecule has 0 spiro atoms. The zero-order valence-corrected chi connectivity index (χ0v) is 16.7. The smallest absolute Gasteiger partial charge is 0.414 e. The maximum Gasteiger partial charge on any atom is 0.414 e. The Morgan fingerprint density at radius 2 is 1.45 bits per heavy atom. The second-order valence-corrected chi connectivity index (χ2v) is 7.59. The molecule has 31 heavy (non-hydrogen) atoms. The van der Waals surface area contributed by atoms with Gasteiger partial charge in [0.1, 0.15) is 18.7 Å². The van der Waals surface area contributed by atoms with Gasteiger partial charge in [-0.15, -0.1) is 0 Å². The molecule has 0 aromatic heterocycles. The van der Waals surface area contributed by atoms with E-state index >= 15 is 0 Å². The summed E-state index contributed by atoms with van der Waals surface area (Å²) in [4.78, 5) is 35.3. The molecule has 0 saturated carbocycles. The number of aliphatic hydroxyl groups excluding tert-OH is 1. The number of carboxylic acids is 2. The Balaban J connectivity index is 1.97. The number of carboxylic acid groups (broad SMARTS) is 2. The predicted molar refractivity (Wildman–Crippen MR) is 109 cm³/mol. The third kappa shape index (κ3) is 4.58. The molecule has 2 aromatic carbocycles. The second-order valence-electron chi connectivity index (χ2n) is 7.59. The van der Waals surface area contributed by atoms with Crippen molar-refractivity contribution in [3.63, 3.8) is 0 Å². The summed E-state index contributed by atoms with van der Waals surface area (Å²) in [5, 5.41) is 28.0. The van der Waals surface area contributed by atoms with E-state index in [-0.39, 0.29) is 24.0 Å². The van der Waals surface area contributed by atoms with Crippen molar-refractivity contribution in [3.05, 3.63) is 71.8 Å². The van der Waals surface area contributed by atoms with Gasteiger partial charge in [-0.1, -0.05) is 60.7 Å². The molecule has 0 bridgehead atoms. The van der Waals surface area contributed by atoms with Gasteiger partial charge in [-0.05, 0) is 0 Å². The Kier molecular flexibility index (Phi) is 6.69. The predicted octanol–water partition coefficient (Wildman–Crippen LogP) is 1.36. The second kappa shape index (κ2) is 9.25. The zero-order valence-electron chi connectivity index (χ0n) is 16.7. The number of urea groups is 1. The SMILES string of the molecule is NC(=O)[N+]1(C(c2ccccc2)c2ccccc2)CCC(OC(C(=O)O)[C@H](O)C(=O)O)C1. The fourth-order valence-corrected chi connectivity index (χ4v) is 4.23. The number of hydrogen-bond donors (Lipinski definition) is 4. The number of aliphatic carboxylic acids is 2. The van der Waals surface area contributed by atoms with Crippen LogP contribution in [-0.2, 0) is 14.3 Å². The van der Waals surface area contributed by atoms with Crippen molar-refractivity contribution in [1.82, 2.24) is 0 Å². The molecule has 3 unspecified atom stereocenters. The lowest BCUT2D eigenvalue weighted by molar-refractivity contribution is -0.864. The number of amides is 2. The van der Waals surface area contributed by atoms with Crippen LogP contribution in [0.4, 0.5) is 4.79 Å². The summed E-state index contributed by atoms with van der Waals surface area (Å²) in [5.74, 6) is -3.30. The highest BCUT2D eigenvalue weighted by atomic mass is 16.5. The normalized spacial score (nSPS) is 22.7. The third-order valence-electron chi connectivity index (χ3n) is 5.67. The molecule has 5 N–H and O–H groups in total. The van der Waals surface area contributed by atoms with Gasteiger partial charge in [-0.25, -0.2) is 18.9 Å². The average molecular weight is 429 g/mol. The van der Waals surface area contributed by atoms with Crippen molar-refractivity contribution < 1.29 is 38.9 Å². The van der Waals surface area contributed by atoms with Gasteiger partial charge < -0.3 is 25.8 Å². The first-order valence-electron chi connectivity index (χ1n) is 9.82. The van der Waals surface area contributed by atoms with Gasteiger partial charge in [0.2, 0.25) is 0 Å². The van der Waals surface area contributed by atoms with Gasteiger partial charge in [-0.2, -0.15) is 0 Å². The molecule has 9 nitrogen and oxygen atoms in total. The van der Waals surface area contributed by atoms with Gasteiger partial charge in [0.15, 0.2) is 12.2 Å². The molecule has 164 valence electrons. The van der Waals surface area contributed by atoms with Crippen molar-refractivity contribution in [1.29, 1.82) is 0 Å². The van der Waals surface area contributed by atoms with Crippen LogP contribution in [0.1, 0.15) is 23.6 Å². The van der Waals surface area contributed by atoms with Gasteiger partial charge in [0, 0.05) is 17.5 Å². The molecule has 0 radical (unpaired) electrons. The lowest BCUT2D eigenvalue weighted by atomic mass is 9.95. The Morgan fingerprint density at radius 3 is 1.87 bits per heavy atom. The number of nitrogens with zero attached hydrogens (tertiary/aromatic N) is 1. The van der Waals surface area contributed by atoms with Gasteiger partial charge >= 0.3 is 18.0 Å². The molecule has 1 heterocycles. The summed E-state index contributed by atoms with van der Waals surface area (Å²) < 4.78 is 5.26. The van der Waals surface area contributed by atoms with Crippen LogP contribution in [0, 0.1) is 0 Å². The van der Waals surface area contributed by atoms with Crippen LogP contribution in [0.25, 0.3) is 0 Å². The van der Waals surface area contributed by atoms with E-state index in [0.717, 1.165) is 11.1 Å². The van der Waals surface area contributed by atoms with Crippen LogP contribution < -0.4 is 5.73 Å². The summed E-state index contributed by atoms with van der Waals surface area (Å²) in [6.45, 7) is 0.309. The molecular weight excluding hydrogens is 404 g/mol. The maximum absolute atomic E-state index is 12.8. The van der Waals surface area contributed by atoms with Crippen molar-refractivity contribution in [2.24, 2.45) is 5.73 Å². The number of primary amides is 1. The molecule has 9 heteroatoms. The van der Waals surface area contributed by atoms with Crippen LogP contribution in [-0.4, -0.2) is 69.2 Å². The average Bonchev–Trinajstić information content (AvgIpc) is 3.18. The number of aliphatic hydroxyl groups is 1. The quantitative estimate of drug-likeness (QED) is 0.463. The zero-order chi connectivity index (χ0) is 22.6. The number of carbonyl (C=O) groups is 3. The number of rotatable bonds is 8. The first-order valence-corrected chi connectivity index (χ1v) is 9.82. The van der Waals surface area contributed by atoms with E-state index in [1.807, 2.05) is 60.7 Å². The van der Waals surface area contributed by atoms with Crippen LogP contribution >= 0.6 is 0 Å². The topological polar surface area (TPSA) is 147 Å². The Hall–Kier alpha value is -3.27. The summed E-state index contributed by atoms with van der Waals surface area (Å²) in [5.41, 5.74) is 7.60. The van der Waals surface area contributed by atoms with E-state index in [2.05, 4.69) is 0 Å². The van der Waals surface area contributed by atoms with Crippen LogP contribution in [0.15, 0.2) is 60.7 Å². The highest BCUT2D eigenvalue weighted by Gasteiger charge is 2.52. The molecule has 1 aliphatic rings. The van der Waals surface area contributed by atoms with E-state index < -0.39 is 42.3 Å². The molecule has 0 aliphatic carbocycles. The molecule has 1 saturated heterocycles.